The Morgan fingerprint density at radius 1 is 1.08 bits per heavy atom. The summed E-state index contributed by atoms with van der Waals surface area (Å²) in [4.78, 5) is 31.4. The van der Waals surface area contributed by atoms with Crippen LogP contribution in [0.5, 0.6) is 0 Å². The third kappa shape index (κ3) is 4.75. The average molecular weight is 505 g/mol. The highest BCUT2D eigenvalue weighted by Crippen LogP contribution is 2.39. The number of amides is 1. The maximum absolute atomic E-state index is 12.9. The van der Waals surface area contributed by atoms with Crippen LogP contribution >= 0.6 is 0 Å². The summed E-state index contributed by atoms with van der Waals surface area (Å²) in [6, 6.07) is 8.03. The third-order valence-corrected chi connectivity index (χ3v) is 7.95. The Morgan fingerprint density at radius 3 is 2.54 bits per heavy atom. The van der Waals surface area contributed by atoms with Gasteiger partial charge in [-0.3, -0.25) is 4.79 Å². The van der Waals surface area contributed by atoms with Crippen molar-refractivity contribution in [1.82, 2.24) is 29.3 Å². The van der Waals surface area contributed by atoms with E-state index in [2.05, 4.69) is 32.1 Å². The Morgan fingerprint density at radius 2 is 1.84 bits per heavy atom. The summed E-state index contributed by atoms with van der Waals surface area (Å²) in [5.74, 6) is 1.29. The van der Waals surface area contributed by atoms with Crippen LogP contribution in [0.15, 0.2) is 30.6 Å². The zero-order valence-corrected chi connectivity index (χ0v) is 21.5. The highest BCUT2D eigenvalue weighted by Gasteiger charge is 2.51. The van der Waals surface area contributed by atoms with Crippen LogP contribution in [0.1, 0.15) is 54.9 Å². The van der Waals surface area contributed by atoms with Gasteiger partial charge < -0.3 is 30.1 Å². The quantitative estimate of drug-likeness (QED) is 0.381. The van der Waals surface area contributed by atoms with E-state index in [1.165, 1.54) is 12.8 Å². The second kappa shape index (κ2) is 9.90. The molecule has 1 aliphatic carbocycles. The van der Waals surface area contributed by atoms with E-state index in [9.17, 15) is 4.79 Å². The maximum Gasteiger partial charge on any atom is 0.253 e. The highest BCUT2D eigenvalue weighted by atomic mass is 16.3. The second-order valence-corrected chi connectivity index (χ2v) is 11.1. The van der Waals surface area contributed by atoms with Gasteiger partial charge in [-0.1, -0.05) is 12.8 Å². The van der Waals surface area contributed by atoms with Gasteiger partial charge in [-0.05, 0) is 57.0 Å². The molecule has 3 aliphatic rings. The molecule has 0 unspecified atom stereocenters. The Hall–Kier alpha value is -3.24. The molecular formula is C27H36N8O2. The van der Waals surface area contributed by atoms with Crippen molar-refractivity contribution in [3.8, 4) is 0 Å². The van der Waals surface area contributed by atoms with Crippen molar-refractivity contribution in [3.05, 3.63) is 36.2 Å². The molecule has 1 amide bonds. The van der Waals surface area contributed by atoms with Gasteiger partial charge in [-0.25, -0.2) is 4.98 Å². The third-order valence-electron chi connectivity index (χ3n) is 7.95. The average Bonchev–Trinajstić information content (AvgIpc) is 3.53. The number of aliphatic hydroxyl groups is 1. The number of carbonyl (C=O) groups excluding carboxylic acids is 1. The van der Waals surface area contributed by atoms with Crippen LogP contribution in [0.3, 0.4) is 0 Å². The van der Waals surface area contributed by atoms with Crippen LogP contribution in [-0.2, 0) is 0 Å². The molecule has 2 aromatic heterocycles. The van der Waals surface area contributed by atoms with Gasteiger partial charge in [-0.15, -0.1) is 0 Å². The predicted octanol–water partition coefficient (Wildman–Crippen LogP) is 3.26. The molecule has 196 valence electrons. The molecule has 3 aromatic rings. The lowest BCUT2D eigenvalue weighted by Crippen LogP contribution is -2.71. The van der Waals surface area contributed by atoms with Crippen LogP contribution in [0.2, 0.25) is 0 Å². The molecule has 3 fully saturated rings. The number of anilines is 3. The van der Waals surface area contributed by atoms with Gasteiger partial charge in [0.05, 0.1) is 6.33 Å². The number of fused-ring (bicyclic) bond motifs is 1. The molecule has 1 saturated carbocycles. The van der Waals surface area contributed by atoms with E-state index in [1.807, 2.05) is 35.5 Å². The molecule has 1 aromatic carbocycles. The van der Waals surface area contributed by atoms with E-state index in [1.54, 1.807) is 0 Å². The molecule has 10 heteroatoms. The lowest BCUT2D eigenvalue weighted by Gasteiger charge is -2.59. The van der Waals surface area contributed by atoms with Gasteiger partial charge in [0, 0.05) is 62.0 Å². The number of carbonyl (C=O) groups is 1. The summed E-state index contributed by atoms with van der Waals surface area (Å²) in [6.07, 6.45) is 8.20. The summed E-state index contributed by atoms with van der Waals surface area (Å²) in [5, 5.41) is 15.8. The van der Waals surface area contributed by atoms with E-state index >= 15 is 0 Å². The molecule has 0 bridgehead atoms. The van der Waals surface area contributed by atoms with Crippen molar-refractivity contribution in [3.63, 3.8) is 0 Å². The molecular weight excluding hydrogens is 468 g/mol. The van der Waals surface area contributed by atoms with Crippen LogP contribution in [-0.4, -0.2) is 86.7 Å². The zero-order valence-electron chi connectivity index (χ0n) is 21.5. The van der Waals surface area contributed by atoms with Gasteiger partial charge in [0.1, 0.15) is 0 Å². The van der Waals surface area contributed by atoms with Crippen molar-refractivity contribution in [1.29, 1.82) is 0 Å². The van der Waals surface area contributed by atoms with Crippen LogP contribution < -0.4 is 10.6 Å². The van der Waals surface area contributed by atoms with Crippen molar-refractivity contribution < 1.29 is 9.90 Å². The minimum atomic E-state index is 0.0980. The minimum Gasteiger partial charge on any atom is -0.396 e. The number of likely N-dealkylation sites (tertiary alicyclic amines) is 2. The number of nitrogens with zero attached hydrogens (tertiary/aromatic N) is 6. The highest BCUT2D eigenvalue weighted by molar-refractivity contribution is 5.95. The summed E-state index contributed by atoms with van der Waals surface area (Å²) in [7, 11) is 2.13. The van der Waals surface area contributed by atoms with Gasteiger partial charge in [-0.2, -0.15) is 9.97 Å². The Bertz CT molecular complexity index is 1250. The minimum absolute atomic E-state index is 0.0980. The SMILES string of the molecule is CN1CC2(C1)CN(C(=O)c1ccc(Nc3nc(NCCCCO)nc4c3ncn4C3CCCC3)cc1)C2. The number of aromatic nitrogens is 4. The van der Waals surface area contributed by atoms with Gasteiger partial charge in [0.15, 0.2) is 17.0 Å². The van der Waals surface area contributed by atoms with Gasteiger partial charge in [0.25, 0.3) is 5.91 Å². The number of hydrogen-bond donors (Lipinski definition) is 3. The van der Waals surface area contributed by atoms with E-state index in [4.69, 9.17) is 15.1 Å². The lowest BCUT2D eigenvalue weighted by atomic mass is 9.73. The normalized spacial score (nSPS) is 19.2. The number of rotatable bonds is 9. The van der Waals surface area contributed by atoms with Gasteiger partial charge in [0.2, 0.25) is 5.95 Å². The summed E-state index contributed by atoms with van der Waals surface area (Å²) in [6.45, 7) is 4.74. The van der Waals surface area contributed by atoms with Crippen molar-refractivity contribution in [2.75, 3.05) is 57.0 Å². The summed E-state index contributed by atoms with van der Waals surface area (Å²) >= 11 is 0. The molecule has 4 heterocycles. The topological polar surface area (TPSA) is 111 Å². The first-order valence-electron chi connectivity index (χ1n) is 13.5. The first kappa shape index (κ1) is 24.1. The lowest BCUT2D eigenvalue weighted by molar-refractivity contribution is -0.0872. The number of aliphatic hydroxyl groups excluding tert-OH is 1. The molecule has 2 aliphatic heterocycles. The van der Waals surface area contributed by atoms with Crippen LogP contribution in [0, 0.1) is 5.41 Å². The van der Waals surface area contributed by atoms with E-state index < -0.39 is 0 Å². The first-order valence-corrected chi connectivity index (χ1v) is 13.5. The van der Waals surface area contributed by atoms with Gasteiger partial charge >= 0.3 is 0 Å². The maximum atomic E-state index is 12.9. The fourth-order valence-corrected chi connectivity index (χ4v) is 6.19. The molecule has 6 rings (SSSR count). The second-order valence-electron chi connectivity index (χ2n) is 11.1. The smallest absolute Gasteiger partial charge is 0.253 e. The van der Waals surface area contributed by atoms with Crippen molar-refractivity contribution in [2.24, 2.45) is 5.41 Å². The summed E-state index contributed by atoms with van der Waals surface area (Å²) < 4.78 is 2.19. The molecule has 2 saturated heterocycles. The first-order chi connectivity index (χ1) is 18.0. The Labute approximate surface area is 217 Å². The fraction of sp³-hybridized carbons (Fsp3) is 0.556. The zero-order chi connectivity index (χ0) is 25.4. The van der Waals surface area contributed by atoms with E-state index in [0.717, 1.165) is 68.7 Å². The van der Waals surface area contributed by atoms with Crippen molar-refractivity contribution in [2.45, 2.75) is 44.6 Å². The largest absolute Gasteiger partial charge is 0.396 e. The number of hydrogen-bond acceptors (Lipinski definition) is 8. The van der Waals surface area contributed by atoms with Crippen LogP contribution in [0.4, 0.5) is 17.5 Å². The van der Waals surface area contributed by atoms with E-state index in [-0.39, 0.29) is 12.5 Å². The fourth-order valence-electron chi connectivity index (χ4n) is 6.19. The molecule has 0 atom stereocenters. The standard InChI is InChI=1S/C27H36N8O2/c1-33-14-27(15-33)16-34(17-27)25(37)19-8-10-20(11-9-19)30-23-22-24(32-26(31-23)28-12-4-5-13-36)35(18-29-22)21-6-2-3-7-21/h8-11,18,21,36H,2-7,12-17H2,1H3,(H2,28,30,31,32). The van der Waals surface area contributed by atoms with Crippen LogP contribution in [0.25, 0.3) is 11.2 Å². The predicted molar refractivity (Wildman–Crippen MR) is 143 cm³/mol. The monoisotopic (exact) mass is 504 g/mol. The molecule has 1 spiro atoms. The number of nitrogens with one attached hydrogen (secondary N) is 2. The van der Waals surface area contributed by atoms with E-state index in [0.29, 0.717) is 35.3 Å². The van der Waals surface area contributed by atoms with Crippen molar-refractivity contribution >= 4 is 34.5 Å². The molecule has 0 radical (unpaired) electrons. The number of unbranched alkanes of at least 4 members (excludes halogenated alkanes) is 1. The number of benzene rings is 1. The Balaban J connectivity index is 1.19. The molecule has 3 N–H and O–H groups in total. The Kier molecular flexibility index (Phi) is 6.46. The molecule has 37 heavy (non-hydrogen) atoms. The number of imidazole rings is 1. The summed E-state index contributed by atoms with van der Waals surface area (Å²) in [5.41, 5.74) is 3.45. The molecule has 10 nitrogen and oxygen atoms in total.